The van der Waals surface area contributed by atoms with Gasteiger partial charge < -0.3 is 50.0 Å². The van der Waals surface area contributed by atoms with Gasteiger partial charge in [-0.3, -0.25) is 4.79 Å². The number of nitrogens with one attached hydrogen (secondary N) is 1. The molecule has 2 heterocycles. The number of cyclic esters (lactones) is 1. The van der Waals surface area contributed by atoms with E-state index in [-0.39, 0.29) is 30.9 Å². The van der Waals surface area contributed by atoms with Crippen molar-refractivity contribution in [2.45, 2.75) is 141 Å². The van der Waals surface area contributed by atoms with E-state index in [4.69, 9.17) is 14.2 Å². The van der Waals surface area contributed by atoms with Crippen molar-refractivity contribution in [2.24, 2.45) is 17.8 Å². The van der Waals surface area contributed by atoms with Crippen LogP contribution in [0.2, 0.25) is 0 Å². The monoisotopic (exact) mass is 576 g/mol. The molecule has 0 spiro atoms. The van der Waals surface area contributed by atoms with Crippen molar-refractivity contribution >= 4 is 5.97 Å². The van der Waals surface area contributed by atoms with Crippen molar-refractivity contribution in [3.63, 3.8) is 0 Å². The second kappa shape index (κ2) is 14.1. The molecule has 236 valence electrons. The first-order valence-electron chi connectivity index (χ1n) is 14.8. The van der Waals surface area contributed by atoms with Gasteiger partial charge in [0, 0.05) is 24.5 Å². The normalized spacial score (nSPS) is 49.1. The number of carbonyl (C=O) groups is 1. The van der Waals surface area contributed by atoms with E-state index < -0.39 is 71.9 Å². The molecular weight excluding hydrogens is 520 g/mol. The summed E-state index contributed by atoms with van der Waals surface area (Å²) in [4.78, 5) is 15.1. The van der Waals surface area contributed by atoms with E-state index in [0.29, 0.717) is 13.0 Å². The molecule has 2 aliphatic heterocycles. The zero-order valence-corrected chi connectivity index (χ0v) is 26.1. The second-order valence-corrected chi connectivity index (χ2v) is 13.0. The summed E-state index contributed by atoms with van der Waals surface area (Å²) in [6.07, 6.45) is -5.78. The molecule has 10 unspecified atom stereocenters. The maximum Gasteiger partial charge on any atom is 0.311 e. The minimum Gasteiger partial charge on any atom is -0.459 e. The van der Waals surface area contributed by atoms with Gasteiger partial charge in [-0.2, -0.15) is 0 Å². The Morgan fingerprint density at radius 1 is 1.07 bits per heavy atom. The Morgan fingerprint density at radius 3 is 2.23 bits per heavy atom. The van der Waals surface area contributed by atoms with Crippen molar-refractivity contribution in [2.75, 3.05) is 20.6 Å². The Kier molecular flexibility index (Phi) is 12.4. The summed E-state index contributed by atoms with van der Waals surface area (Å²) < 4.78 is 18.0. The van der Waals surface area contributed by atoms with Crippen LogP contribution in [0, 0.1) is 17.8 Å². The summed E-state index contributed by atoms with van der Waals surface area (Å²) in [6, 6.07) is -0.783. The molecule has 2 rings (SSSR count). The van der Waals surface area contributed by atoms with Gasteiger partial charge in [0.25, 0.3) is 0 Å². The first kappa shape index (κ1) is 35.3. The summed E-state index contributed by atoms with van der Waals surface area (Å²) in [5, 5.41) is 59.8. The van der Waals surface area contributed by atoms with Crippen LogP contribution >= 0.6 is 0 Å². The van der Waals surface area contributed by atoms with Gasteiger partial charge in [0.05, 0.1) is 29.8 Å². The molecule has 6 N–H and O–H groups in total. The van der Waals surface area contributed by atoms with Gasteiger partial charge in [-0.05, 0) is 73.9 Å². The molecular formula is C29H56N2O9. The predicted molar refractivity (Wildman–Crippen MR) is 150 cm³/mol. The van der Waals surface area contributed by atoms with Gasteiger partial charge in [-0.25, -0.2) is 0 Å². The zero-order chi connectivity index (χ0) is 30.7. The molecule has 14 atom stereocenters. The minimum absolute atomic E-state index is 0.0985. The quantitative estimate of drug-likeness (QED) is 0.261. The Labute approximate surface area is 240 Å². The number of aliphatic hydroxyl groups excluding tert-OH is 3. The third-order valence-electron chi connectivity index (χ3n) is 9.20. The van der Waals surface area contributed by atoms with E-state index in [1.807, 2.05) is 25.8 Å². The SMILES string of the molecule is CCC1OC(=O)C(C)C(O)C(C)C(O[C@@H]2O[C@H](C)C[C@H](NC)[C@H]2O)C(C)(O)CC(C)CN(C)C(C)C(O)C1(C)O. The zero-order valence-electron chi connectivity index (χ0n) is 26.1. The lowest BCUT2D eigenvalue weighted by atomic mass is 9.78. The molecule has 2 fully saturated rings. The number of esters is 1. The molecule has 2 saturated heterocycles. The number of ether oxygens (including phenoxy) is 3. The van der Waals surface area contributed by atoms with Gasteiger partial charge >= 0.3 is 5.97 Å². The summed E-state index contributed by atoms with van der Waals surface area (Å²) >= 11 is 0. The van der Waals surface area contributed by atoms with Gasteiger partial charge in [0.2, 0.25) is 0 Å². The Hall–Kier alpha value is -0.890. The molecule has 0 saturated carbocycles. The second-order valence-electron chi connectivity index (χ2n) is 13.0. The molecule has 0 amide bonds. The van der Waals surface area contributed by atoms with Crippen LogP contribution in [-0.2, 0) is 19.0 Å². The minimum atomic E-state index is -1.75. The van der Waals surface area contributed by atoms with E-state index >= 15 is 0 Å². The van der Waals surface area contributed by atoms with E-state index in [9.17, 15) is 30.3 Å². The molecule has 0 aromatic heterocycles. The van der Waals surface area contributed by atoms with Gasteiger partial charge in [0.1, 0.15) is 23.9 Å². The molecule has 0 aliphatic carbocycles. The third kappa shape index (κ3) is 7.93. The first-order valence-corrected chi connectivity index (χ1v) is 14.8. The topological polar surface area (TPSA) is 161 Å². The van der Waals surface area contributed by atoms with Crippen LogP contribution in [0.4, 0.5) is 0 Å². The van der Waals surface area contributed by atoms with Crippen LogP contribution in [-0.4, -0.2) is 123 Å². The Balaban J connectivity index is 2.51. The van der Waals surface area contributed by atoms with Crippen molar-refractivity contribution in [3.8, 4) is 0 Å². The maximum absolute atomic E-state index is 13.2. The van der Waals surface area contributed by atoms with E-state index in [2.05, 4.69) is 5.32 Å². The third-order valence-corrected chi connectivity index (χ3v) is 9.20. The summed E-state index contributed by atoms with van der Waals surface area (Å²) in [5.74, 6) is -2.65. The predicted octanol–water partition coefficient (Wildman–Crippen LogP) is 0.633. The lowest BCUT2D eigenvalue weighted by Gasteiger charge is -2.45. The molecule has 11 nitrogen and oxygen atoms in total. The van der Waals surface area contributed by atoms with Crippen LogP contribution < -0.4 is 5.32 Å². The van der Waals surface area contributed by atoms with Crippen molar-refractivity contribution in [1.29, 1.82) is 0 Å². The molecule has 0 radical (unpaired) electrons. The van der Waals surface area contributed by atoms with E-state index in [1.165, 1.54) is 13.8 Å². The highest BCUT2D eigenvalue weighted by molar-refractivity contribution is 5.73. The van der Waals surface area contributed by atoms with Gasteiger partial charge in [0.15, 0.2) is 6.29 Å². The average molecular weight is 577 g/mol. The number of aliphatic hydroxyl groups is 5. The first-order chi connectivity index (χ1) is 18.4. The van der Waals surface area contributed by atoms with E-state index in [1.54, 1.807) is 34.7 Å². The molecule has 0 aromatic carbocycles. The number of hydrogen-bond donors (Lipinski definition) is 6. The van der Waals surface area contributed by atoms with E-state index in [0.717, 1.165) is 0 Å². The number of carbonyl (C=O) groups excluding carboxylic acids is 1. The summed E-state index contributed by atoms with van der Waals surface area (Å²) in [6.45, 7) is 14.2. The number of nitrogens with zero attached hydrogens (tertiary/aromatic N) is 1. The molecule has 0 bridgehead atoms. The molecule has 2 aliphatic rings. The van der Waals surface area contributed by atoms with Crippen molar-refractivity contribution in [3.05, 3.63) is 0 Å². The smallest absolute Gasteiger partial charge is 0.311 e. The van der Waals surface area contributed by atoms with Crippen molar-refractivity contribution < 1.29 is 44.5 Å². The molecule has 40 heavy (non-hydrogen) atoms. The number of hydrogen-bond acceptors (Lipinski definition) is 11. The van der Waals surface area contributed by atoms with Crippen LogP contribution in [0.3, 0.4) is 0 Å². The van der Waals surface area contributed by atoms with Gasteiger partial charge in [-0.15, -0.1) is 0 Å². The van der Waals surface area contributed by atoms with Crippen molar-refractivity contribution in [1.82, 2.24) is 10.2 Å². The number of rotatable bonds is 4. The van der Waals surface area contributed by atoms with Crippen LogP contribution in [0.1, 0.15) is 74.7 Å². The lowest BCUT2D eigenvalue weighted by molar-refractivity contribution is -0.294. The average Bonchev–Trinajstić information content (AvgIpc) is 2.88. The highest BCUT2D eigenvalue weighted by Crippen LogP contribution is 2.36. The van der Waals surface area contributed by atoms with Crippen LogP contribution in [0.25, 0.3) is 0 Å². The number of likely N-dealkylation sites (N-methyl/N-ethyl adjacent to an activating group) is 2. The molecule has 11 heteroatoms. The Morgan fingerprint density at radius 2 is 1.68 bits per heavy atom. The van der Waals surface area contributed by atoms with Gasteiger partial charge in [-0.1, -0.05) is 20.8 Å². The fourth-order valence-corrected chi connectivity index (χ4v) is 6.54. The lowest BCUT2D eigenvalue weighted by Crippen LogP contribution is -2.59. The highest BCUT2D eigenvalue weighted by Gasteiger charge is 2.49. The fourth-order valence-electron chi connectivity index (χ4n) is 6.54. The largest absolute Gasteiger partial charge is 0.459 e. The summed E-state index contributed by atoms with van der Waals surface area (Å²) in [5.41, 5.74) is -3.24. The summed E-state index contributed by atoms with van der Waals surface area (Å²) in [7, 11) is 3.58. The highest BCUT2D eigenvalue weighted by atomic mass is 16.7. The maximum atomic E-state index is 13.2. The Bertz CT molecular complexity index is 812. The standard InChI is InChI=1S/C29H56N2O9/c1-11-21-29(8,37)24(34)19(6)31(10)14-15(2)13-28(7,36)25(17(4)22(32)18(5)26(35)39-21)40-27-23(33)20(30-9)12-16(3)38-27/h15-25,27,30,32-34,36-37H,11-14H2,1-10H3/t15?,16-,17?,18?,19?,20+,21?,22?,23-,24?,25?,27+,28?,29?/m1/s1. The van der Waals surface area contributed by atoms with Crippen LogP contribution in [0.15, 0.2) is 0 Å². The molecule has 0 aromatic rings. The van der Waals surface area contributed by atoms with Crippen LogP contribution in [0.5, 0.6) is 0 Å². The fraction of sp³-hybridized carbons (Fsp3) is 0.966.